The number of likely N-dealkylation sites (tertiary alicyclic amines) is 1. The first kappa shape index (κ1) is 16.1. The predicted molar refractivity (Wildman–Crippen MR) is 88.0 cm³/mol. The number of hydrogen-bond donors (Lipinski definition) is 2. The van der Waals surface area contributed by atoms with E-state index >= 15 is 0 Å². The summed E-state index contributed by atoms with van der Waals surface area (Å²) >= 11 is 0. The number of nitrogens with one attached hydrogen (secondary N) is 2. The third kappa shape index (κ3) is 3.44. The molecular formula is C18H27N2O3+. The van der Waals surface area contributed by atoms with Crippen LogP contribution in [0.3, 0.4) is 0 Å². The lowest BCUT2D eigenvalue weighted by Gasteiger charge is -2.28. The quantitative estimate of drug-likeness (QED) is 0.825. The van der Waals surface area contributed by atoms with Crippen LogP contribution in [0.4, 0.5) is 0 Å². The van der Waals surface area contributed by atoms with Crippen LogP contribution >= 0.6 is 0 Å². The number of quaternary nitrogens is 1. The van der Waals surface area contributed by atoms with E-state index in [4.69, 9.17) is 9.47 Å². The lowest BCUT2D eigenvalue weighted by Crippen LogP contribution is -3.15. The summed E-state index contributed by atoms with van der Waals surface area (Å²) in [5, 5.41) is 3.14. The summed E-state index contributed by atoms with van der Waals surface area (Å²) < 4.78 is 10.9. The van der Waals surface area contributed by atoms with Gasteiger partial charge in [-0.3, -0.25) is 4.79 Å². The van der Waals surface area contributed by atoms with Crippen molar-refractivity contribution < 1.29 is 19.2 Å². The minimum absolute atomic E-state index is 0.0426. The average Bonchev–Trinajstić information content (AvgIpc) is 3.25. The summed E-state index contributed by atoms with van der Waals surface area (Å²) in [6, 6.07) is 6.58. The Bertz CT molecular complexity index is 571. The Morgan fingerprint density at radius 3 is 2.70 bits per heavy atom. The zero-order chi connectivity index (χ0) is 16.4. The van der Waals surface area contributed by atoms with Crippen molar-refractivity contribution in [3.05, 3.63) is 23.8 Å². The smallest absolute Gasteiger partial charge is 0.278 e. The Balaban J connectivity index is 1.81. The van der Waals surface area contributed by atoms with Crippen LogP contribution in [0.25, 0.3) is 0 Å². The Morgan fingerprint density at radius 1 is 1.26 bits per heavy atom. The second-order valence-electron chi connectivity index (χ2n) is 6.63. The van der Waals surface area contributed by atoms with Gasteiger partial charge in [-0.1, -0.05) is 0 Å². The normalized spacial score (nSPS) is 25.0. The molecule has 23 heavy (non-hydrogen) atoms. The SMILES string of the molecule is COc1ccc(OC)c([C@H]2CCC[NH+]2[C@@H](C)C(=O)NC2CC2)c1. The van der Waals surface area contributed by atoms with E-state index in [1.807, 2.05) is 19.1 Å². The molecular weight excluding hydrogens is 292 g/mol. The second-order valence-corrected chi connectivity index (χ2v) is 6.63. The number of amides is 1. The topological polar surface area (TPSA) is 52.0 Å². The maximum absolute atomic E-state index is 12.4. The van der Waals surface area contributed by atoms with Gasteiger partial charge in [0, 0.05) is 18.9 Å². The predicted octanol–water partition coefficient (Wildman–Crippen LogP) is 1.09. The molecule has 1 aromatic rings. The van der Waals surface area contributed by atoms with Crippen LogP contribution in [0.2, 0.25) is 0 Å². The fourth-order valence-corrected chi connectivity index (χ4v) is 3.58. The molecule has 5 nitrogen and oxygen atoms in total. The zero-order valence-corrected chi connectivity index (χ0v) is 14.2. The highest BCUT2D eigenvalue weighted by atomic mass is 16.5. The molecule has 1 aromatic carbocycles. The van der Waals surface area contributed by atoms with E-state index in [1.54, 1.807) is 14.2 Å². The minimum atomic E-state index is -0.0426. The van der Waals surface area contributed by atoms with Gasteiger partial charge in [0.1, 0.15) is 17.5 Å². The summed E-state index contributed by atoms with van der Waals surface area (Å²) in [4.78, 5) is 13.8. The first-order valence-electron chi connectivity index (χ1n) is 8.52. The molecule has 1 amide bonds. The van der Waals surface area contributed by atoms with Crippen molar-refractivity contribution in [3.8, 4) is 11.5 Å². The Labute approximate surface area is 137 Å². The first-order chi connectivity index (χ1) is 11.1. The van der Waals surface area contributed by atoms with Crippen LogP contribution in [0, 0.1) is 0 Å². The van der Waals surface area contributed by atoms with E-state index in [0.29, 0.717) is 6.04 Å². The molecule has 0 bridgehead atoms. The molecule has 1 heterocycles. The van der Waals surface area contributed by atoms with E-state index in [2.05, 4.69) is 11.4 Å². The summed E-state index contributed by atoms with van der Waals surface area (Å²) in [6.07, 6.45) is 4.45. The molecule has 1 aliphatic carbocycles. The van der Waals surface area contributed by atoms with Gasteiger partial charge >= 0.3 is 0 Å². The van der Waals surface area contributed by atoms with Crippen LogP contribution < -0.4 is 19.7 Å². The largest absolute Gasteiger partial charge is 0.497 e. The molecule has 0 aromatic heterocycles. The number of methoxy groups -OCH3 is 2. The number of carbonyl (C=O) groups is 1. The molecule has 126 valence electrons. The molecule has 3 atom stereocenters. The Hall–Kier alpha value is -1.75. The lowest BCUT2D eigenvalue weighted by molar-refractivity contribution is -0.932. The average molecular weight is 319 g/mol. The Kier molecular flexibility index (Phi) is 4.76. The van der Waals surface area contributed by atoms with Crippen molar-refractivity contribution in [3.63, 3.8) is 0 Å². The molecule has 1 saturated carbocycles. The Morgan fingerprint density at radius 2 is 2.04 bits per heavy atom. The molecule has 3 rings (SSSR count). The molecule has 0 spiro atoms. The van der Waals surface area contributed by atoms with E-state index in [1.165, 1.54) is 4.90 Å². The van der Waals surface area contributed by atoms with Gasteiger partial charge in [-0.05, 0) is 38.0 Å². The molecule has 0 radical (unpaired) electrons. The molecule has 1 saturated heterocycles. The van der Waals surface area contributed by atoms with Crippen molar-refractivity contribution in [2.24, 2.45) is 0 Å². The van der Waals surface area contributed by atoms with Crippen molar-refractivity contribution in [2.45, 2.75) is 50.7 Å². The van der Waals surface area contributed by atoms with E-state index in [-0.39, 0.29) is 18.0 Å². The third-order valence-electron chi connectivity index (χ3n) is 5.09. The maximum Gasteiger partial charge on any atom is 0.278 e. The van der Waals surface area contributed by atoms with Crippen LogP contribution in [0.1, 0.15) is 44.2 Å². The van der Waals surface area contributed by atoms with Gasteiger partial charge in [0.15, 0.2) is 6.04 Å². The number of hydrogen-bond acceptors (Lipinski definition) is 3. The van der Waals surface area contributed by atoms with Gasteiger partial charge in [0.2, 0.25) is 0 Å². The molecule has 2 aliphatic rings. The van der Waals surface area contributed by atoms with Gasteiger partial charge in [0.25, 0.3) is 5.91 Å². The highest BCUT2D eigenvalue weighted by Gasteiger charge is 2.39. The van der Waals surface area contributed by atoms with Crippen molar-refractivity contribution in [2.75, 3.05) is 20.8 Å². The van der Waals surface area contributed by atoms with E-state index < -0.39 is 0 Å². The van der Waals surface area contributed by atoms with E-state index in [0.717, 1.165) is 49.3 Å². The number of benzene rings is 1. The van der Waals surface area contributed by atoms with Gasteiger partial charge in [0.05, 0.1) is 26.3 Å². The van der Waals surface area contributed by atoms with Gasteiger partial charge in [-0.15, -0.1) is 0 Å². The number of carbonyl (C=O) groups excluding carboxylic acids is 1. The van der Waals surface area contributed by atoms with Crippen LogP contribution in [0.15, 0.2) is 18.2 Å². The van der Waals surface area contributed by atoms with Crippen molar-refractivity contribution in [1.29, 1.82) is 0 Å². The summed E-state index contributed by atoms with van der Waals surface area (Å²) in [7, 11) is 3.37. The van der Waals surface area contributed by atoms with Gasteiger partial charge in [-0.25, -0.2) is 0 Å². The first-order valence-corrected chi connectivity index (χ1v) is 8.52. The maximum atomic E-state index is 12.4. The highest BCUT2D eigenvalue weighted by Crippen LogP contribution is 2.32. The van der Waals surface area contributed by atoms with Crippen LogP contribution in [-0.4, -0.2) is 38.8 Å². The lowest BCUT2D eigenvalue weighted by atomic mass is 10.0. The molecule has 1 unspecified atom stereocenters. The van der Waals surface area contributed by atoms with Gasteiger partial charge < -0.3 is 19.7 Å². The van der Waals surface area contributed by atoms with E-state index in [9.17, 15) is 4.79 Å². The van der Waals surface area contributed by atoms with Gasteiger partial charge in [-0.2, -0.15) is 0 Å². The summed E-state index contributed by atoms with van der Waals surface area (Å²) in [5.41, 5.74) is 1.14. The van der Waals surface area contributed by atoms with Crippen LogP contribution in [0.5, 0.6) is 11.5 Å². The molecule has 2 fully saturated rings. The third-order valence-corrected chi connectivity index (χ3v) is 5.09. The summed E-state index contributed by atoms with van der Waals surface area (Å²) in [6.45, 7) is 3.06. The minimum Gasteiger partial charge on any atom is -0.497 e. The number of rotatable bonds is 6. The van der Waals surface area contributed by atoms with Crippen LogP contribution in [-0.2, 0) is 4.79 Å². The fraction of sp³-hybridized carbons (Fsp3) is 0.611. The van der Waals surface area contributed by atoms with Crippen molar-refractivity contribution >= 4 is 5.91 Å². The standard InChI is InChI=1S/C18H26N2O3/c1-12(18(21)19-13-6-7-13)20-10-4-5-16(20)15-11-14(22-2)8-9-17(15)23-3/h8-9,11-13,16H,4-7,10H2,1-3H3,(H,19,21)/p+1/t12-,16+/m0/s1. The summed E-state index contributed by atoms with van der Waals surface area (Å²) in [5.74, 6) is 1.89. The van der Waals surface area contributed by atoms with Crippen molar-refractivity contribution in [1.82, 2.24) is 5.32 Å². The molecule has 1 aliphatic heterocycles. The number of ether oxygens (including phenoxy) is 2. The fourth-order valence-electron chi connectivity index (χ4n) is 3.58. The monoisotopic (exact) mass is 319 g/mol. The highest BCUT2D eigenvalue weighted by molar-refractivity contribution is 5.80. The molecule has 2 N–H and O–H groups in total. The zero-order valence-electron chi connectivity index (χ0n) is 14.2. The molecule has 5 heteroatoms. The second kappa shape index (κ2) is 6.79.